The van der Waals surface area contributed by atoms with E-state index in [1.54, 1.807) is 36.9 Å². The fourth-order valence-electron chi connectivity index (χ4n) is 3.51. The maximum Gasteiger partial charge on any atom is 0.232 e. The van der Waals surface area contributed by atoms with Gasteiger partial charge >= 0.3 is 0 Å². The van der Waals surface area contributed by atoms with Crippen LogP contribution < -0.4 is 10.0 Å². The van der Waals surface area contributed by atoms with E-state index in [1.165, 1.54) is 0 Å². The molecular formula is C22H27N3O4S. The van der Waals surface area contributed by atoms with E-state index in [-0.39, 0.29) is 24.0 Å². The number of hydrogen-bond donors (Lipinski definition) is 2. The van der Waals surface area contributed by atoms with E-state index in [0.717, 1.165) is 5.56 Å². The Balaban J connectivity index is 1.66. The summed E-state index contributed by atoms with van der Waals surface area (Å²) in [6.07, 6.45) is 0.681. The first-order valence-corrected chi connectivity index (χ1v) is 11.7. The Morgan fingerprint density at radius 3 is 2.50 bits per heavy atom. The van der Waals surface area contributed by atoms with Crippen LogP contribution in [0.5, 0.6) is 0 Å². The Morgan fingerprint density at radius 2 is 1.80 bits per heavy atom. The first-order valence-electron chi connectivity index (χ1n) is 10.0. The molecule has 160 valence electrons. The van der Waals surface area contributed by atoms with Crippen molar-refractivity contribution in [3.63, 3.8) is 0 Å². The van der Waals surface area contributed by atoms with Gasteiger partial charge in [-0.2, -0.15) is 0 Å². The molecule has 1 fully saturated rings. The number of likely N-dealkylation sites (tertiary alicyclic amines) is 1. The molecule has 1 aliphatic heterocycles. The van der Waals surface area contributed by atoms with Crippen molar-refractivity contribution in [2.45, 2.75) is 33.2 Å². The standard InChI is InChI=1S/C22H27N3O4S/c1-3-12-30(28,29)24-20-11-7-10-19(16(20)2)23-22(27)18-13-21(26)25(15-18)14-17-8-5-4-6-9-17/h4-11,18,24H,3,12-15H2,1-2H3,(H,23,27). The highest BCUT2D eigenvalue weighted by molar-refractivity contribution is 7.92. The summed E-state index contributed by atoms with van der Waals surface area (Å²) in [5, 5.41) is 2.86. The molecule has 0 spiro atoms. The molecule has 1 aliphatic rings. The molecule has 30 heavy (non-hydrogen) atoms. The van der Waals surface area contributed by atoms with E-state index in [1.807, 2.05) is 30.3 Å². The second-order valence-corrected chi connectivity index (χ2v) is 9.39. The van der Waals surface area contributed by atoms with Crippen LogP contribution >= 0.6 is 0 Å². The second kappa shape index (κ2) is 9.30. The lowest BCUT2D eigenvalue weighted by atomic mass is 10.1. The largest absolute Gasteiger partial charge is 0.338 e. The van der Waals surface area contributed by atoms with Crippen molar-refractivity contribution in [1.82, 2.24) is 4.90 Å². The molecule has 3 rings (SSSR count). The van der Waals surface area contributed by atoms with Gasteiger partial charge in [-0.3, -0.25) is 14.3 Å². The maximum atomic E-state index is 12.8. The molecule has 0 aromatic heterocycles. The fourth-order valence-corrected chi connectivity index (χ4v) is 4.70. The van der Waals surface area contributed by atoms with Gasteiger partial charge in [-0.25, -0.2) is 8.42 Å². The van der Waals surface area contributed by atoms with Gasteiger partial charge in [-0.15, -0.1) is 0 Å². The minimum absolute atomic E-state index is 0.0322. The van der Waals surface area contributed by atoms with Crippen LogP contribution in [-0.4, -0.2) is 37.4 Å². The third-order valence-electron chi connectivity index (χ3n) is 5.13. The molecule has 1 saturated heterocycles. The van der Waals surface area contributed by atoms with Gasteiger partial charge in [0.25, 0.3) is 0 Å². The molecule has 0 aliphatic carbocycles. The number of carbonyl (C=O) groups is 2. The van der Waals surface area contributed by atoms with E-state index in [9.17, 15) is 18.0 Å². The Hall–Kier alpha value is -2.87. The van der Waals surface area contributed by atoms with Crippen molar-refractivity contribution < 1.29 is 18.0 Å². The van der Waals surface area contributed by atoms with Crippen LogP contribution in [0.1, 0.15) is 30.9 Å². The predicted molar refractivity (Wildman–Crippen MR) is 117 cm³/mol. The van der Waals surface area contributed by atoms with Crippen LogP contribution in [0.3, 0.4) is 0 Å². The van der Waals surface area contributed by atoms with Gasteiger partial charge in [0.15, 0.2) is 0 Å². The molecule has 8 heteroatoms. The van der Waals surface area contributed by atoms with E-state index in [4.69, 9.17) is 0 Å². The van der Waals surface area contributed by atoms with Gasteiger partial charge in [-0.1, -0.05) is 43.3 Å². The first-order chi connectivity index (χ1) is 14.3. The summed E-state index contributed by atoms with van der Waals surface area (Å²) < 4.78 is 26.7. The number of hydrogen-bond acceptors (Lipinski definition) is 4. The van der Waals surface area contributed by atoms with E-state index < -0.39 is 15.9 Å². The zero-order chi connectivity index (χ0) is 21.7. The van der Waals surface area contributed by atoms with Gasteiger partial charge < -0.3 is 10.2 Å². The van der Waals surface area contributed by atoms with Gasteiger partial charge in [0, 0.05) is 25.2 Å². The summed E-state index contributed by atoms with van der Waals surface area (Å²) >= 11 is 0. The average molecular weight is 430 g/mol. The Labute approximate surface area is 177 Å². The SMILES string of the molecule is CCCS(=O)(=O)Nc1cccc(NC(=O)C2CC(=O)N(Cc3ccccc3)C2)c1C. The van der Waals surface area contributed by atoms with Crippen molar-refractivity contribution in [1.29, 1.82) is 0 Å². The molecule has 2 N–H and O–H groups in total. The number of carbonyl (C=O) groups excluding carboxylic acids is 2. The molecular weight excluding hydrogens is 402 g/mol. The van der Waals surface area contributed by atoms with Crippen LogP contribution in [0, 0.1) is 12.8 Å². The van der Waals surface area contributed by atoms with E-state index >= 15 is 0 Å². The summed E-state index contributed by atoms with van der Waals surface area (Å²) in [6.45, 7) is 4.40. The average Bonchev–Trinajstić information content (AvgIpc) is 3.06. The first kappa shape index (κ1) is 21.8. The quantitative estimate of drug-likeness (QED) is 0.674. The number of nitrogens with zero attached hydrogens (tertiary/aromatic N) is 1. The number of anilines is 2. The van der Waals surface area contributed by atoms with Crippen LogP contribution in [0.15, 0.2) is 48.5 Å². The summed E-state index contributed by atoms with van der Waals surface area (Å²) in [4.78, 5) is 26.8. The normalized spacial score (nSPS) is 16.5. The number of amides is 2. The minimum atomic E-state index is -3.43. The monoisotopic (exact) mass is 429 g/mol. The molecule has 2 amide bonds. The van der Waals surface area contributed by atoms with Crippen LogP contribution in [-0.2, 0) is 26.2 Å². The lowest BCUT2D eigenvalue weighted by Crippen LogP contribution is -2.28. The van der Waals surface area contributed by atoms with Gasteiger partial charge in [0.2, 0.25) is 21.8 Å². The molecule has 1 atom stereocenters. The van der Waals surface area contributed by atoms with Crippen LogP contribution in [0.2, 0.25) is 0 Å². The molecule has 2 aromatic carbocycles. The number of sulfonamides is 1. The molecule has 2 aromatic rings. The van der Waals surface area contributed by atoms with Gasteiger partial charge in [-0.05, 0) is 36.6 Å². The molecule has 1 heterocycles. The Bertz CT molecular complexity index is 1020. The Kier molecular flexibility index (Phi) is 6.77. The van der Waals surface area contributed by atoms with Crippen molar-refractivity contribution >= 4 is 33.2 Å². The molecule has 0 bridgehead atoms. The van der Waals surface area contributed by atoms with E-state index in [2.05, 4.69) is 10.0 Å². The third kappa shape index (κ3) is 5.38. The van der Waals surface area contributed by atoms with Gasteiger partial charge in [0.1, 0.15) is 0 Å². The number of nitrogens with one attached hydrogen (secondary N) is 2. The van der Waals surface area contributed by atoms with Crippen molar-refractivity contribution in [2.75, 3.05) is 22.3 Å². The summed E-state index contributed by atoms with van der Waals surface area (Å²) in [6, 6.07) is 14.7. The Morgan fingerprint density at radius 1 is 1.10 bits per heavy atom. The van der Waals surface area contributed by atoms with Crippen molar-refractivity contribution in [2.24, 2.45) is 5.92 Å². The molecule has 1 unspecified atom stereocenters. The van der Waals surface area contributed by atoms with E-state index in [0.29, 0.717) is 36.4 Å². The van der Waals surface area contributed by atoms with Crippen molar-refractivity contribution in [3.05, 3.63) is 59.7 Å². The number of benzene rings is 2. The smallest absolute Gasteiger partial charge is 0.232 e. The topological polar surface area (TPSA) is 95.6 Å². The van der Waals surface area contributed by atoms with Crippen LogP contribution in [0.25, 0.3) is 0 Å². The predicted octanol–water partition coefficient (Wildman–Crippen LogP) is 3.13. The van der Waals surface area contributed by atoms with Crippen molar-refractivity contribution in [3.8, 4) is 0 Å². The fraction of sp³-hybridized carbons (Fsp3) is 0.364. The minimum Gasteiger partial charge on any atom is -0.338 e. The summed E-state index contributed by atoms with van der Waals surface area (Å²) in [5.41, 5.74) is 2.63. The summed E-state index contributed by atoms with van der Waals surface area (Å²) in [5.74, 6) is -0.696. The zero-order valence-electron chi connectivity index (χ0n) is 17.2. The molecule has 0 saturated carbocycles. The lowest BCUT2D eigenvalue weighted by Gasteiger charge is -2.18. The lowest BCUT2D eigenvalue weighted by molar-refractivity contribution is -0.128. The van der Waals surface area contributed by atoms with Crippen LogP contribution in [0.4, 0.5) is 11.4 Å². The highest BCUT2D eigenvalue weighted by atomic mass is 32.2. The molecule has 0 radical (unpaired) electrons. The zero-order valence-corrected chi connectivity index (χ0v) is 18.0. The molecule has 7 nitrogen and oxygen atoms in total. The summed E-state index contributed by atoms with van der Waals surface area (Å²) in [7, 11) is -3.43. The number of rotatable bonds is 8. The second-order valence-electron chi connectivity index (χ2n) is 7.55. The third-order valence-corrected chi connectivity index (χ3v) is 6.61. The highest BCUT2D eigenvalue weighted by Gasteiger charge is 2.34. The maximum absolute atomic E-state index is 12.8. The van der Waals surface area contributed by atoms with Gasteiger partial charge in [0.05, 0.1) is 17.4 Å². The highest BCUT2D eigenvalue weighted by Crippen LogP contribution is 2.27.